The normalized spacial score (nSPS) is 10.2. The van der Waals surface area contributed by atoms with Gasteiger partial charge in [-0.25, -0.2) is 0 Å². The zero-order valence-electron chi connectivity index (χ0n) is 12.5. The summed E-state index contributed by atoms with van der Waals surface area (Å²) in [5.41, 5.74) is 0. The number of carbonyl (C=O) groups is 2. The van der Waals surface area contributed by atoms with E-state index in [1.54, 1.807) is 0 Å². The molecule has 0 atom stereocenters. The first-order valence-corrected chi connectivity index (χ1v) is 7.79. The van der Waals surface area contributed by atoms with Crippen LogP contribution in [0.25, 0.3) is 0 Å². The summed E-state index contributed by atoms with van der Waals surface area (Å²) in [4.78, 5) is 21.2. The Hall–Kier alpha value is -1.32. The second-order valence-electron chi connectivity index (χ2n) is 5.17. The highest BCUT2D eigenvalue weighted by atomic mass is 16.4. The van der Waals surface area contributed by atoms with Crippen LogP contribution < -0.4 is 5.32 Å². The summed E-state index contributed by atoms with van der Waals surface area (Å²) in [6.07, 6.45) is 13.0. The number of nitrogens with one attached hydrogen (secondary N) is 1. The monoisotopic (exact) mass is 283 g/mol. The number of unbranched alkanes of at least 4 members (excludes halogenated alkanes) is 9. The lowest BCUT2D eigenvalue weighted by Gasteiger charge is -2.03. The summed E-state index contributed by atoms with van der Waals surface area (Å²) >= 11 is 0. The molecule has 0 aliphatic heterocycles. The molecule has 0 unspecified atom stereocenters. The molecule has 0 saturated carbocycles. The molecule has 0 aromatic heterocycles. The Morgan fingerprint density at radius 1 is 0.850 bits per heavy atom. The number of carboxylic acids is 1. The van der Waals surface area contributed by atoms with E-state index in [1.165, 1.54) is 38.2 Å². The van der Waals surface area contributed by atoms with Crippen LogP contribution in [0.1, 0.15) is 70.6 Å². The summed E-state index contributed by atoms with van der Waals surface area (Å²) in [5.74, 6) is -0.776. The predicted molar refractivity (Wildman–Crippen MR) is 81.6 cm³/mol. The van der Waals surface area contributed by atoms with Crippen molar-refractivity contribution in [3.05, 3.63) is 12.7 Å². The Balaban J connectivity index is 3.04. The number of hydrogen-bond donors (Lipinski definition) is 2. The fourth-order valence-electron chi connectivity index (χ4n) is 2.10. The van der Waals surface area contributed by atoms with Gasteiger partial charge < -0.3 is 10.4 Å². The van der Waals surface area contributed by atoms with Crippen molar-refractivity contribution in [2.45, 2.75) is 70.6 Å². The number of hydrogen-bond acceptors (Lipinski definition) is 2. The molecule has 0 radical (unpaired) electrons. The van der Waals surface area contributed by atoms with Gasteiger partial charge in [0.15, 0.2) is 0 Å². The van der Waals surface area contributed by atoms with Crippen molar-refractivity contribution in [3.8, 4) is 0 Å². The molecule has 0 fully saturated rings. The van der Waals surface area contributed by atoms with Gasteiger partial charge in [-0.1, -0.05) is 57.9 Å². The average Bonchev–Trinajstić information content (AvgIpc) is 2.43. The number of amides is 1. The first-order valence-electron chi connectivity index (χ1n) is 7.79. The van der Waals surface area contributed by atoms with E-state index in [1.807, 2.05) is 0 Å². The summed E-state index contributed by atoms with van der Waals surface area (Å²) in [5, 5.41) is 11.3. The predicted octanol–water partition coefficient (Wildman–Crippen LogP) is 3.66. The summed E-state index contributed by atoms with van der Waals surface area (Å²) in [7, 11) is 0. The van der Waals surface area contributed by atoms with Crippen LogP contribution in [0.4, 0.5) is 0 Å². The van der Waals surface area contributed by atoms with Crippen LogP contribution in [0.15, 0.2) is 12.7 Å². The minimum Gasteiger partial charge on any atom is -0.481 e. The second kappa shape index (κ2) is 14.1. The van der Waals surface area contributed by atoms with Crippen LogP contribution in [-0.2, 0) is 9.59 Å². The van der Waals surface area contributed by atoms with E-state index in [4.69, 9.17) is 5.11 Å². The van der Waals surface area contributed by atoms with Gasteiger partial charge in [-0.05, 0) is 18.9 Å². The van der Waals surface area contributed by atoms with Crippen LogP contribution >= 0.6 is 0 Å². The van der Waals surface area contributed by atoms with Crippen molar-refractivity contribution in [1.29, 1.82) is 0 Å². The highest BCUT2D eigenvalue weighted by Crippen LogP contribution is 2.11. The highest BCUT2D eigenvalue weighted by molar-refractivity contribution is 5.86. The summed E-state index contributed by atoms with van der Waals surface area (Å²) in [6, 6.07) is 0. The molecule has 0 aliphatic carbocycles. The Morgan fingerprint density at radius 3 is 1.75 bits per heavy atom. The van der Waals surface area contributed by atoms with Crippen molar-refractivity contribution >= 4 is 11.9 Å². The van der Waals surface area contributed by atoms with Crippen LogP contribution in [0.2, 0.25) is 0 Å². The molecule has 4 heteroatoms. The third-order valence-electron chi connectivity index (χ3n) is 3.30. The molecule has 116 valence electrons. The third kappa shape index (κ3) is 14.7. The van der Waals surface area contributed by atoms with Gasteiger partial charge in [0.25, 0.3) is 0 Å². The molecule has 2 N–H and O–H groups in total. The molecule has 0 saturated heterocycles. The molecular weight excluding hydrogens is 254 g/mol. The summed E-state index contributed by atoms with van der Waals surface area (Å²) in [6.45, 7) is 4.15. The highest BCUT2D eigenvalue weighted by Gasteiger charge is 1.97. The average molecular weight is 283 g/mol. The first-order chi connectivity index (χ1) is 9.66. The molecule has 1 amide bonds. The standard InChI is InChI=1S/C16H29NO3/c1-2-15(18)17-14-12-10-8-6-4-3-5-7-9-11-13-16(19)20/h2H,1,3-14H2,(H,17,18)(H,19,20). The van der Waals surface area contributed by atoms with Gasteiger partial charge in [0.05, 0.1) is 0 Å². The van der Waals surface area contributed by atoms with Crippen molar-refractivity contribution < 1.29 is 14.7 Å². The van der Waals surface area contributed by atoms with Gasteiger partial charge in [0.2, 0.25) is 5.91 Å². The van der Waals surface area contributed by atoms with E-state index in [9.17, 15) is 9.59 Å². The molecule has 0 heterocycles. The van der Waals surface area contributed by atoms with Crippen molar-refractivity contribution in [1.82, 2.24) is 5.32 Å². The molecule has 0 aliphatic rings. The zero-order chi connectivity index (χ0) is 15.1. The smallest absolute Gasteiger partial charge is 0.303 e. The largest absolute Gasteiger partial charge is 0.481 e. The number of rotatable bonds is 14. The molecule has 0 spiro atoms. The van der Waals surface area contributed by atoms with Gasteiger partial charge in [-0.15, -0.1) is 0 Å². The van der Waals surface area contributed by atoms with Gasteiger partial charge in [-0.2, -0.15) is 0 Å². The summed E-state index contributed by atoms with van der Waals surface area (Å²) < 4.78 is 0. The first kappa shape index (κ1) is 18.7. The van der Waals surface area contributed by atoms with Crippen molar-refractivity contribution in [2.24, 2.45) is 0 Å². The molecule has 4 nitrogen and oxygen atoms in total. The Kier molecular flexibility index (Phi) is 13.2. The van der Waals surface area contributed by atoms with Crippen LogP contribution in [0.3, 0.4) is 0 Å². The maximum atomic E-state index is 10.9. The number of aliphatic carboxylic acids is 1. The van der Waals surface area contributed by atoms with Crippen LogP contribution in [-0.4, -0.2) is 23.5 Å². The Bertz CT molecular complexity index is 277. The topological polar surface area (TPSA) is 66.4 Å². The van der Waals surface area contributed by atoms with E-state index in [0.717, 1.165) is 38.6 Å². The van der Waals surface area contributed by atoms with E-state index in [-0.39, 0.29) is 5.91 Å². The second-order valence-corrected chi connectivity index (χ2v) is 5.17. The molecule has 0 aromatic carbocycles. The fourth-order valence-corrected chi connectivity index (χ4v) is 2.10. The fraction of sp³-hybridized carbons (Fsp3) is 0.750. The quantitative estimate of drug-likeness (QED) is 0.377. The Morgan fingerprint density at radius 2 is 1.30 bits per heavy atom. The van der Waals surface area contributed by atoms with Gasteiger partial charge in [0.1, 0.15) is 0 Å². The minimum absolute atomic E-state index is 0.0899. The van der Waals surface area contributed by atoms with Crippen molar-refractivity contribution in [2.75, 3.05) is 6.54 Å². The van der Waals surface area contributed by atoms with E-state index in [0.29, 0.717) is 6.42 Å². The third-order valence-corrected chi connectivity index (χ3v) is 3.30. The molecule has 0 bridgehead atoms. The number of carboxylic acid groups (broad SMARTS) is 1. The maximum Gasteiger partial charge on any atom is 0.303 e. The van der Waals surface area contributed by atoms with Gasteiger partial charge in [-0.3, -0.25) is 9.59 Å². The van der Waals surface area contributed by atoms with E-state index in [2.05, 4.69) is 11.9 Å². The van der Waals surface area contributed by atoms with Crippen LogP contribution in [0, 0.1) is 0 Å². The van der Waals surface area contributed by atoms with E-state index < -0.39 is 5.97 Å². The lowest BCUT2D eigenvalue weighted by Crippen LogP contribution is -2.21. The molecule has 20 heavy (non-hydrogen) atoms. The number of carbonyl (C=O) groups excluding carboxylic acids is 1. The maximum absolute atomic E-state index is 10.9. The van der Waals surface area contributed by atoms with Gasteiger partial charge in [0, 0.05) is 13.0 Å². The van der Waals surface area contributed by atoms with Crippen molar-refractivity contribution in [3.63, 3.8) is 0 Å². The molecule has 0 rings (SSSR count). The SMILES string of the molecule is C=CC(=O)NCCCCCCCCCCCCC(=O)O. The Labute approximate surface area is 122 Å². The lowest BCUT2D eigenvalue weighted by atomic mass is 10.1. The molecule has 0 aromatic rings. The van der Waals surface area contributed by atoms with Crippen LogP contribution in [0.5, 0.6) is 0 Å². The minimum atomic E-state index is -0.686. The lowest BCUT2D eigenvalue weighted by molar-refractivity contribution is -0.137. The molecular formula is C16H29NO3. The van der Waals surface area contributed by atoms with E-state index >= 15 is 0 Å². The van der Waals surface area contributed by atoms with Gasteiger partial charge >= 0.3 is 5.97 Å². The zero-order valence-corrected chi connectivity index (χ0v) is 12.5.